The van der Waals surface area contributed by atoms with Gasteiger partial charge in [0.25, 0.3) is 0 Å². The van der Waals surface area contributed by atoms with Crippen LogP contribution in [0.2, 0.25) is 0 Å². The highest BCUT2D eigenvalue weighted by atomic mass is 32.1. The van der Waals surface area contributed by atoms with Gasteiger partial charge in [-0.3, -0.25) is 0 Å². The van der Waals surface area contributed by atoms with Crippen LogP contribution in [0, 0.1) is 0 Å². The first-order valence-electron chi connectivity index (χ1n) is 8.61. The number of nitrogens with one attached hydrogen (secondary N) is 2. The molecule has 132 valence electrons. The predicted molar refractivity (Wildman–Crippen MR) is 113 cm³/mol. The molecule has 0 heterocycles. The molecule has 26 heavy (non-hydrogen) atoms. The van der Waals surface area contributed by atoms with Crippen molar-refractivity contribution in [2.24, 2.45) is 0 Å². The largest absolute Gasteiger partial charge is 0.457 e. The molecule has 0 aliphatic rings. The van der Waals surface area contributed by atoms with Crippen LogP contribution in [-0.2, 0) is 0 Å². The standard InChI is InChI=1S/C22H22N2OS/c1-16(2)17-8-10-18(11-9-17)23-22(26)24-19-12-14-21(15-13-19)25-20-6-4-3-5-7-20/h3-16H,1-2H3,(H2,23,24,26). The SMILES string of the molecule is CC(C)c1ccc(NC(=S)Nc2ccc(Oc3ccccc3)cc2)cc1. The Morgan fingerprint density at radius 1 is 0.731 bits per heavy atom. The molecule has 0 unspecified atom stereocenters. The second kappa shape index (κ2) is 8.50. The zero-order valence-electron chi connectivity index (χ0n) is 14.9. The number of benzene rings is 3. The number of anilines is 2. The van der Waals surface area contributed by atoms with E-state index in [-0.39, 0.29) is 0 Å². The van der Waals surface area contributed by atoms with Gasteiger partial charge in [0, 0.05) is 11.4 Å². The van der Waals surface area contributed by atoms with Crippen molar-refractivity contribution in [1.82, 2.24) is 0 Å². The molecule has 0 spiro atoms. The second-order valence-electron chi connectivity index (χ2n) is 6.30. The lowest BCUT2D eigenvalue weighted by Gasteiger charge is -2.12. The summed E-state index contributed by atoms with van der Waals surface area (Å²) in [7, 11) is 0. The average Bonchev–Trinajstić information content (AvgIpc) is 2.64. The Morgan fingerprint density at radius 3 is 1.77 bits per heavy atom. The summed E-state index contributed by atoms with van der Waals surface area (Å²) in [6.45, 7) is 4.36. The van der Waals surface area contributed by atoms with Crippen molar-refractivity contribution in [2.45, 2.75) is 19.8 Å². The van der Waals surface area contributed by atoms with Gasteiger partial charge in [-0.15, -0.1) is 0 Å². The Morgan fingerprint density at radius 2 is 1.23 bits per heavy atom. The fourth-order valence-corrected chi connectivity index (χ4v) is 2.71. The van der Waals surface area contributed by atoms with Crippen LogP contribution in [0.5, 0.6) is 11.5 Å². The third kappa shape index (κ3) is 5.07. The van der Waals surface area contributed by atoms with Gasteiger partial charge in [-0.05, 0) is 72.2 Å². The molecule has 3 aromatic rings. The lowest BCUT2D eigenvalue weighted by Crippen LogP contribution is -2.18. The molecular weight excluding hydrogens is 340 g/mol. The maximum atomic E-state index is 5.79. The highest BCUT2D eigenvalue weighted by molar-refractivity contribution is 7.80. The second-order valence-corrected chi connectivity index (χ2v) is 6.70. The van der Waals surface area contributed by atoms with Gasteiger partial charge < -0.3 is 15.4 Å². The van der Waals surface area contributed by atoms with Crippen molar-refractivity contribution in [3.63, 3.8) is 0 Å². The number of ether oxygens (including phenoxy) is 1. The number of rotatable bonds is 5. The number of hydrogen-bond acceptors (Lipinski definition) is 2. The molecule has 0 fully saturated rings. The quantitative estimate of drug-likeness (QED) is 0.514. The number of thiocarbonyl (C=S) groups is 1. The van der Waals surface area contributed by atoms with Crippen molar-refractivity contribution in [3.05, 3.63) is 84.4 Å². The van der Waals surface area contributed by atoms with Crippen molar-refractivity contribution < 1.29 is 4.74 Å². The number of para-hydroxylation sites is 1. The molecule has 3 rings (SSSR count). The number of hydrogen-bond donors (Lipinski definition) is 2. The van der Waals surface area contributed by atoms with Gasteiger partial charge in [-0.1, -0.05) is 44.2 Å². The first-order valence-corrected chi connectivity index (χ1v) is 9.02. The fourth-order valence-electron chi connectivity index (χ4n) is 2.48. The van der Waals surface area contributed by atoms with E-state index in [9.17, 15) is 0 Å². The van der Waals surface area contributed by atoms with Crippen molar-refractivity contribution >= 4 is 28.7 Å². The first-order chi connectivity index (χ1) is 12.6. The lowest BCUT2D eigenvalue weighted by molar-refractivity contribution is 0.483. The van der Waals surface area contributed by atoms with Crippen LogP contribution in [0.25, 0.3) is 0 Å². The van der Waals surface area contributed by atoms with Gasteiger partial charge in [0.15, 0.2) is 5.11 Å². The molecule has 2 N–H and O–H groups in total. The van der Waals surface area contributed by atoms with E-state index in [2.05, 4.69) is 36.6 Å². The molecule has 0 radical (unpaired) electrons. The third-order valence-corrected chi connectivity index (χ3v) is 4.13. The van der Waals surface area contributed by atoms with Gasteiger partial charge in [0.2, 0.25) is 0 Å². The summed E-state index contributed by atoms with van der Waals surface area (Å²) in [5.74, 6) is 2.12. The topological polar surface area (TPSA) is 33.3 Å². The molecule has 3 nitrogen and oxygen atoms in total. The normalized spacial score (nSPS) is 10.4. The molecule has 0 amide bonds. The van der Waals surface area contributed by atoms with E-state index in [0.29, 0.717) is 11.0 Å². The summed E-state index contributed by atoms with van der Waals surface area (Å²) in [5.41, 5.74) is 3.18. The highest BCUT2D eigenvalue weighted by Crippen LogP contribution is 2.23. The van der Waals surface area contributed by atoms with Crippen LogP contribution in [-0.4, -0.2) is 5.11 Å². The van der Waals surface area contributed by atoms with Gasteiger partial charge >= 0.3 is 0 Å². The van der Waals surface area contributed by atoms with Crippen molar-refractivity contribution in [1.29, 1.82) is 0 Å². The zero-order chi connectivity index (χ0) is 18.4. The summed E-state index contributed by atoms with van der Waals surface area (Å²) in [4.78, 5) is 0. The van der Waals surface area contributed by atoms with Gasteiger partial charge in [-0.2, -0.15) is 0 Å². The maximum Gasteiger partial charge on any atom is 0.175 e. The van der Waals surface area contributed by atoms with Crippen LogP contribution < -0.4 is 15.4 Å². The van der Waals surface area contributed by atoms with Crippen LogP contribution in [0.4, 0.5) is 11.4 Å². The molecule has 0 atom stereocenters. The molecule has 0 saturated carbocycles. The molecule has 0 saturated heterocycles. The first kappa shape index (κ1) is 18.0. The monoisotopic (exact) mass is 362 g/mol. The van der Waals surface area contributed by atoms with Gasteiger partial charge in [0.1, 0.15) is 11.5 Å². The van der Waals surface area contributed by atoms with E-state index >= 15 is 0 Å². The minimum absolute atomic E-state index is 0.519. The summed E-state index contributed by atoms with van der Waals surface area (Å²) in [6.07, 6.45) is 0. The summed E-state index contributed by atoms with van der Waals surface area (Å²) in [6, 6.07) is 25.7. The Bertz CT molecular complexity index is 844. The molecule has 0 aliphatic carbocycles. The van der Waals surface area contributed by atoms with E-state index in [1.807, 2.05) is 66.7 Å². The molecule has 4 heteroatoms. The van der Waals surface area contributed by atoms with Crippen molar-refractivity contribution in [3.8, 4) is 11.5 Å². The van der Waals surface area contributed by atoms with E-state index in [4.69, 9.17) is 17.0 Å². The average molecular weight is 362 g/mol. The van der Waals surface area contributed by atoms with Crippen molar-refractivity contribution in [2.75, 3.05) is 10.6 Å². The lowest BCUT2D eigenvalue weighted by atomic mass is 10.0. The molecule has 3 aromatic carbocycles. The summed E-state index contributed by atoms with van der Waals surface area (Å²) < 4.78 is 5.79. The van der Waals surface area contributed by atoms with E-state index in [1.165, 1.54) is 5.56 Å². The zero-order valence-corrected chi connectivity index (χ0v) is 15.7. The molecular formula is C22H22N2OS. The van der Waals surface area contributed by atoms with E-state index in [0.717, 1.165) is 22.9 Å². The van der Waals surface area contributed by atoms with Crippen LogP contribution >= 0.6 is 12.2 Å². The van der Waals surface area contributed by atoms with E-state index < -0.39 is 0 Å². The third-order valence-electron chi connectivity index (χ3n) is 3.93. The van der Waals surface area contributed by atoms with Crippen LogP contribution in [0.15, 0.2) is 78.9 Å². The summed E-state index contributed by atoms with van der Waals surface area (Å²) in [5, 5.41) is 6.94. The Labute approximate surface area is 160 Å². The van der Waals surface area contributed by atoms with Crippen LogP contribution in [0.1, 0.15) is 25.3 Å². The minimum atomic E-state index is 0.519. The fraction of sp³-hybridized carbons (Fsp3) is 0.136. The maximum absolute atomic E-state index is 5.79. The Kier molecular flexibility index (Phi) is 5.87. The predicted octanol–water partition coefficient (Wildman–Crippen LogP) is 6.41. The smallest absolute Gasteiger partial charge is 0.175 e. The summed E-state index contributed by atoms with van der Waals surface area (Å²) >= 11 is 5.39. The highest BCUT2D eigenvalue weighted by Gasteiger charge is 2.02. The van der Waals surface area contributed by atoms with E-state index in [1.54, 1.807) is 0 Å². The Balaban J connectivity index is 1.55. The van der Waals surface area contributed by atoms with Gasteiger partial charge in [0.05, 0.1) is 0 Å². The Hall–Kier alpha value is -2.85. The minimum Gasteiger partial charge on any atom is -0.457 e. The van der Waals surface area contributed by atoms with Crippen LogP contribution in [0.3, 0.4) is 0 Å². The molecule has 0 bridgehead atoms. The molecule has 0 aliphatic heterocycles. The molecule has 0 aromatic heterocycles. The van der Waals surface area contributed by atoms with Gasteiger partial charge in [-0.25, -0.2) is 0 Å².